The molecule has 9 nitrogen and oxygen atoms in total. The van der Waals surface area contributed by atoms with Gasteiger partial charge in [-0.1, -0.05) is 6.92 Å². The van der Waals surface area contributed by atoms with E-state index in [0.29, 0.717) is 19.5 Å². The molecular weight excluding hydrogens is 382 g/mol. The maximum Gasteiger partial charge on any atom is 0.244 e. The highest BCUT2D eigenvalue weighted by atomic mass is 32.2. The summed E-state index contributed by atoms with van der Waals surface area (Å²) >= 11 is 0. The average molecular weight is 401 g/mol. The van der Waals surface area contributed by atoms with Crippen molar-refractivity contribution in [2.45, 2.75) is 11.8 Å². The Kier molecular flexibility index (Phi) is 4.80. The Balaban J connectivity index is 1.84. The van der Waals surface area contributed by atoms with Crippen molar-refractivity contribution < 1.29 is 26.4 Å². The highest BCUT2D eigenvalue weighted by molar-refractivity contribution is 7.94. The van der Waals surface area contributed by atoms with E-state index in [9.17, 15) is 26.4 Å². The second kappa shape index (κ2) is 6.63. The van der Waals surface area contributed by atoms with E-state index in [0.717, 1.165) is 4.31 Å². The molecule has 1 atom stereocenters. The fraction of sp³-hybridized carbons (Fsp3) is 0.467. The van der Waals surface area contributed by atoms with Gasteiger partial charge in [0.15, 0.2) is 0 Å². The maximum atomic E-state index is 12.7. The number of benzene rings is 1. The molecule has 1 aromatic carbocycles. The van der Waals surface area contributed by atoms with E-state index in [1.165, 1.54) is 40.4 Å². The van der Waals surface area contributed by atoms with Gasteiger partial charge in [0.2, 0.25) is 32.4 Å². The van der Waals surface area contributed by atoms with Crippen LogP contribution in [0.5, 0.6) is 0 Å². The van der Waals surface area contributed by atoms with Crippen LogP contribution in [-0.4, -0.2) is 70.3 Å². The fourth-order valence-corrected chi connectivity index (χ4v) is 6.28. The Morgan fingerprint density at radius 3 is 2.12 bits per heavy atom. The van der Waals surface area contributed by atoms with Crippen molar-refractivity contribution in [1.82, 2.24) is 9.21 Å². The molecule has 3 rings (SSSR count). The van der Waals surface area contributed by atoms with E-state index >= 15 is 0 Å². The van der Waals surface area contributed by atoms with Crippen LogP contribution < -0.4 is 4.31 Å². The molecule has 1 aromatic rings. The van der Waals surface area contributed by atoms with E-state index in [1.54, 1.807) is 0 Å². The Morgan fingerprint density at radius 1 is 1.08 bits per heavy atom. The van der Waals surface area contributed by atoms with Gasteiger partial charge in [0.1, 0.15) is 0 Å². The first-order valence-electron chi connectivity index (χ1n) is 8.03. The van der Waals surface area contributed by atoms with Gasteiger partial charge in [-0.2, -0.15) is 4.31 Å². The molecule has 2 amide bonds. The van der Waals surface area contributed by atoms with E-state index < -0.39 is 31.9 Å². The number of carbonyl (C=O) groups is 2. The molecular formula is C15H19N3O6S2. The van der Waals surface area contributed by atoms with E-state index in [1.807, 2.05) is 0 Å². The third-order valence-electron chi connectivity index (χ3n) is 4.49. The van der Waals surface area contributed by atoms with Gasteiger partial charge < -0.3 is 4.90 Å². The summed E-state index contributed by atoms with van der Waals surface area (Å²) in [6.07, 6.45) is 0.688. The summed E-state index contributed by atoms with van der Waals surface area (Å²) in [5.74, 6) is -1.41. The topological polar surface area (TPSA) is 112 Å². The summed E-state index contributed by atoms with van der Waals surface area (Å²) < 4.78 is 51.6. The third-order valence-corrected chi connectivity index (χ3v) is 8.27. The van der Waals surface area contributed by atoms with Gasteiger partial charge in [-0.05, 0) is 24.3 Å². The van der Waals surface area contributed by atoms with Crippen LogP contribution in [0.1, 0.15) is 6.92 Å². The summed E-state index contributed by atoms with van der Waals surface area (Å²) in [5, 5.41) is 0. The van der Waals surface area contributed by atoms with Gasteiger partial charge in [0.25, 0.3) is 0 Å². The number of carbonyl (C=O) groups excluding carboxylic acids is 2. The molecule has 0 saturated carbocycles. The monoisotopic (exact) mass is 401 g/mol. The smallest absolute Gasteiger partial charge is 0.244 e. The summed E-state index contributed by atoms with van der Waals surface area (Å²) in [6.45, 7) is 2.56. The highest BCUT2D eigenvalue weighted by Crippen LogP contribution is 2.29. The van der Waals surface area contributed by atoms with Crippen LogP contribution in [0, 0.1) is 5.92 Å². The van der Waals surface area contributed by atoms with Gasteiger partial charge in [-0.25, -0.2) is 21.1 Å². The van der Waals surface area contributed by atoms with Crippen LogP contribution in [0.3, 0.4) is 0 Å². The molecule has 2 aliphatic heterocycles. The lowest BCUT2D eigenvalue weighted by atomic mass is 10.2. The first kappa shape index (κ1) is 18.8. The molecule has 0 unspecified atom stereocenters. The largest absolute Gasteiger partial charge is 0.343 e. The van der Waals surface area contributed by atoms with Crippen molar-refractivity contribution in [3.8, 4) is 0 Å². The van der Waals surface area contributed by atoms with Crippen LogP contribution in [-0.2, 0) is 29.6 Å². The zero-order chi connectivity index (χ0) is 19.1. The molecule has 11 heteroatoms. The standard InChI is InChI=1S/C15H19N3O6S2/c1-12-10-25(21,22)18(15(12)20)13-2-4-14(5-3-13)26(23,24)17-8-6-16(11-19)7-9-17/h2-5,11-12H,6-10H2,1H3/t12-/m1/s1. The van der Waals surface area contributed by atoms with Crippen molar-refractivity contribution in [2.75, 3.05) is 36.2 Å². The Morgan fingerprint density at radius 2 is 1.65 bits per heavy atom. The van der Waals surface area contributed by atoms with Gasteiger partial charge >= 0.3 is 0 Å². The summed E-state index contributed by atoms with van der Waals surface area (Å²) in [5.41, 5.74) is 0.129. The molecule has 0 aliphatic carbocycles. The zero-order valence-electron chi connectivity index (χ0n) is 14.1. The van der Waals surface area contributed by atoms with Crippen LogP contribution in [0.2, 0.25) is 0 Å². The van der Waals surface area contributed by atoms with Crippen molar-refractivity contribution in [3.63, 3.8) is 0 Å². The van der Waals surface area contributed by atoms with Crippen molar-refractivity contribution in [1.29, 1.82) is 0 Å². The molecule has 0 aromatic heterocycles. The molecule has 2 aliphatic rings. The Bertz CT molecular complexity index is 919. The van der Waals surface area contributed by atoms with E-state index in [4.69, 9.17) is 0 Å². The zero-order valence-corrected chi connectivity index (χ0v) is 15.7. The number of amides is 2. The molecule has 0 radical (unpaired) electrons. The van der Waals surface area contributed by atoms with Crippen molar-refractivity contribution >= 4 is 38.1 Å². The predicted octanol–water partition coefficient (Wildman–Crippen LogP) is -0.538. The van der Waals surface area contributed by atoms with Crippen LogP contribution in [0.4, 0.5) is 5.69 Å². The molecule has 2 heterocycles. The van der Waals surface area contributed by atoms with Crippen LogP contribution >= 0.6 is 0 Å². The molecule has 26 heavy (non-hydrogen) atoms. The van der Waals surface area contributed by atoms with E-state index in [2.05, 4.69) is 0 Å². The SMILES string of the molecule is C[C@@H]1CS(=O)(=O)N(c2ccc(S(=O)(=O)N3CCN(C=O)CC3)cc2)C1=O. The molecule has 0 spiro atoms. The summed E-state index contributed by atoms with van der Waals surface area (Å²) in [4.78, 5) is 24.3. The number of piperazine rings is 1. The quantitative estimate of drug-likeness (QED) is 0.627. The number of hydrogen-bond acceptors (Lipinski definition) is 6. The second-order valence-corrected chi connectivity index (χ2v) is 10.1. The predicted molar refractivity (Wildman–Crippen MR) is 93.3 cm³/mol. The van der Waals surface area contributed by atoms with Crippen LogP contribution in [0.25, 0.3) is 0 Å². The number of rotatable bonds is 4. The van der Waals surface area contributed by atoms with Crippen LogP contribution in [0.15, 0.2) is 29.2 Å². The number of anilines is 1. The normalized spacial score (nSPS) is 24.0. The first-order valence-corrected chi connectivity index (χ1v) is 11.1. The highest BCUT2D eigenvalue weighted by Gasteiger charge is 2.42. The molecule has 2 fully saturated rings. The maximum absolute atomic E-state index is 12.7. The fourth-order valence-electron chi connectivity index (χ4n) is 3.04. The molecule has 0 N–H and O–H groups in total. The first-order chi connectivity index (χ1) is 12.2. The lowest BCUT2D eigenvalue weighted by molar-refractivity contribution is -0.120. The molecule has 0 bridgehead atoms. The van der Waals surface area contributed by atoms with Gasteiger partial charge in [-0.15, -0.1) is 0 Å². The molecule has 2 saturated heterocycles. The van der Waals surface area contributed by atoms with E-state index in [-0.39, 0.29) is 29.4 Å². The number of sulfonamides is 2. The Hall–Kier alpha value is -1.98. The lowest BCUT2D eigenvalue weighted by Crippen LogP contribution is -2.47. The average Bonchev–Trinajstić information content (AvgIpc) is 2.82. The number of nitrogens with zero attached hydrogens (tertiary/aromatic N) is 3. The summed E-state index contributed by atoms with van der Waals surface area (Å²) in [7, 11) is -7.48. The van der Waals surface area contributed by atoms with Crippen molar-refractivity contribution in [3.05, 3.63) is 24.3 Å². The second-order valence-electron chi connectivity index (χ2n) is 6.32. The van der Waals surface area contributed by atoms with Gasteiger partial charge in [0, 0.05) is 26.2 Å². The minimum atomic E-state index is -3.75. The molecule has 142 valence electrons. The van der Waals surface area contributed by atoms with Gasteiger partial charge in [0.05, 0.1) is 22.3 Å². The lowest BCUT2D eigenvalue weighted by Gasteiger charge is -2.31. The third kappa shape index (κ3) is 3.21. The van der Waals surface area contributed by atoms with Gasteiger partial charge in [-0.3, -0.25) is 9.59 Å². The minimum Gasteiger partial charge on any atom is -0.343 e. The number of hydrogen-bond donors (Lipinski definition) is 0. The summed E-state index contributed by atoms with van der Waals surface area (Å²) in [6, 6.07) is 5.23. The minimum absolute atomic E-state index is 0.0119. The Labute approximate surface area is 152 Å². The van der Waals surface area contributed by atoms with Crippen molar-refractivity contribution in [2.24, 2.45) is 5.92 Å².